The number of amides is 2. The molecule has 2 aromatic carbocycles. The van der Waals surface area contributed by atoms with Gasteiger partial charge in [-0.25, -0.2) is 4.79 Å². The Balaban J connectivity index is 1.51. The topological polar surface area (TPSA) is 63.2 Å². The van der Waals surface area contributed by atoms with Gasteiger partial charge in [0.2, 0.25) is 0 Å². The van der Waals surface area contributed by atoms with E-state index in [9.17, 15) is 4.79 Å². The lowest BCUT2D eigenvalue weighted by Crippen LogP contribution is -2.32. The Labute approximate surface area is 147 Å². The van der Waals surface area contributed by atoms with Crippen LogP contribution in [0.3, 0.4) is 0 Å². The molecule has 0 saturated heterocycles. The van der Waals surface area contributed by atoms with Gasteiger partial charge in [0, 0.05) is 11.6 Å². The number of carbonyl (C=O) groups is 1. The van der Waals surface area contributed by atoms with E-state index in [4.69, 9.17) is 4.74 Å². The zero-order valence-electron chi connectivity index (χ0n) is 14.4. The number of rotatable bonds is 5. The molecule has 128 valence electrons. The van der Waals surface area contributed by atoms with E-state index in [2.05, 4.69) is 21.7 Å². The van der Waals surface area contributed by atoms with Crippen molar-refractivity contribution in [2.45, 2.75) is 13.8 Å². The van der Waals surface area contributed by atoms with Crippen molar-refractivity contribution in [2.24, 2.45) is 0 Å². The minimum atomic E-state index is -0.276. The highest BCUT2D eigenvalue weighted by Crippen LogP contribution is 2.20. The Bertz CT molecular complexity index is 888. The van der Waals surface area contributed by atoms with Gasteiger partial charge in [-0.3, -0.25) is 4.98 Å². The van der Waals surface area contributed by atoms with Crippen LogP contribution in [0.25, 0.3) is 10.9 Å². The van der Waals surface area contributed by atoms with E-state index in [1.807, 2.05) is 56.3 Å². The lowest BCUT2D eigenvalue weighted by atomic mass is 10.1. The number of benzene rings is 2. The first-order valence-corrected chi connectivity index (χ1v) is 8.22. The number of nitrogens with one attached hydrogen (secondary N) is 2. The molecular weight excluding hydrogens is 314 g/mol. The number of ether oxygens (including phenoxy) is 1. The number of pyridine rings is 1. The highest BCUT2D eigenvalue weighted by Gasteiger charge is 2.06. The quantitative estimate of drug-likeness (QED) is 0.691. The van der Waals surface area contributed by atoms with Crippen LogP contribution in [-0.2, 0) is 0 Å². The molecule has 1 aromatic heterocycles. The van der Waals surface area contributed by atoms with E-state index in [-0.39, 0.29) is 6.03 Å². The van der Waals surface area contributed by atoms with Crippen LogP contribution in [0.15, 0.2) is 54.7 Å². The number of hydrogen-bond donors (Lipinski definition) is 2. The van der Waals surface area contributed by atoms with Gasteiger partial charge in [-0.15, -0.1) is 0 Å². The predicted octanol–water partition coefficient (Wildman–Crippen LogP) is 4.05. The van der Waals surface area contributed by atoms with Crippen LogP contribution in [0.5, 0.6) is 5.75 Å². The molecule has 0 aliphatic carbocycles. The third-order valence-electron chi connectivity index (χ3n) is 3.86. The maximum absolute atomic E-state index is 12.1. The second-order valence-electron chi connectivity index (χ2n) is 5.88. The van der Waals surface area contributed by atoms with Crippen LogP contribution >= 0.6 is 0 Å². The Hall–Kier alpha value is -3.08. The number of urea groups is 1. The molecule has 0 unspecified atom stereocenters. The summed E-state index contributed by atoms with van der Waals surface area (Å²) in [5.41, 5.74) is 3.75. The lowest BCUT2D eigenvalue weighted by Gasteiger charge is -2.12. The molecule has 2 N–H and O–H groups in total. The smallest absolute Gasteiger partial charge is 0.319 e. The SMILES string of the molecule is Cc1ccc(OCCNC(=O)Nc2cccc3cccnc23)c(C)c1. The van der Waals surface area contributed by atoms with E-state index < -0.39 is 0 Å². The number of anilines is 1. The summed E-state index contributed by atoms with van der Waals surface area (Å²) in [6.45, 7) is 4.88. The van der Waals surface area contributed by atoms with Crippen LogP contribution in [0.2, 0.25) is 0 Å². The molecule has 3 rings (SSSR count). The summed E-state index contributed by atoms with van der Waals surface area (Å²) in [6, 6.07) is 15.3. The average Bonchev–Trinajstić information content (AvgIpc) is 2.60. The summed E-state index contributed by atoms with van der Waals surface area (Å²) in [5.74, 6) is 0.839. The second kappa shape index (κ2) is 7.66. The maximum Gasteiger partial charge on any atom is 0.319 e. The molecule has 0 atom stereocenters. The van der Waals surface area contributed by atoms with Crippen LogP contribution in [-0.4, -0.2) is 24.2 Å². The van der Waals surface area contributed by atoms with Crippen molar-refractivity contribution in [3.05, 3.63) is 65.9 Å². The first-order chi connectivity index (χ1) is 12.1. The number of aryl methyl sites for hydroxylation is 2. The standard InChI is InChI=1S/C20H21N3O2/c1-14-8-9-18(15(2)13-14)25-12-11-22-20(24)23-17-7-3-5-16-6-4-10-21-19(16)17/h3-10,13H,11-12H2,1-2H3,(H2,22,23,24). The third-order valence-corrected chi connectivity index (χ3v) is 3.86. The molecule has 5 heteroatoms. The molecule has 0 spiro atoms. The van der Waals surface area contributed by atoms with Crippen LogP contribution in [0.4, 0.5) is 10.5 Å². The molecule has 25 heavy (non-hydrogen) atoms. The normalized spacial score (nSPS) is 10.5. The minimum Gasteiger partial charge on any atom is -0.491 e. The van der Waals surface area contributed by atoms with E-state index in [1.165, 1.54) is 5.56 Å². The summed E-state index contributed by atoms with van der Waals surface area (Å²) in [4.78, 5) is 16.4. The van der Waals surface area contributed by atoms with Gasteiger partial charge < -0.3 is 15.4 Å². The number of fused-ring (bicyclic) bond motifs is 1. The van der Waals surface area contributed by atoms with Crippen molar-refractivity contribution in [3.8, 4) is 5.75 Å². The summed E-state index contributed by atoms with van der Waals surface area (Å²) >= 11 is 0. The van der Waals surface area contributed by atoms with Gasteiger partial charge in [-0.05, 0) is 37.6 Å². The third kappa shape index (κ3) is 4.26. The minimum absolute atomic E-state index is 0.276. The number of carbonyl (C=O) groups excluding carboxylic acids is 1. The molecule has 0 bridgehead atoms. The van der Waals surface area contributed by atoms with Crippen LogP contribution < -0.4 is 15.4 Å². The Kier molecular flexibility index (Phi) is 5.14. The zero-order chi connectivity index (χ0) is 17.6. The average molecular weight is 335 g/mol. The number of hydrogen-bond acceptors (Lipinski definition) is 3. The molecule has 0 aliphatic heterocycles. The van der Waals surface area contributed by atoms with E-state index >= 15 is 0 Å². The molecule has 5 nitrogen and oxygen atoms in total. The Morgan fingerprint density at radius 3 is 2.80 bits per heavy atom. The van der Waals surface area contributed by atoms with Gasteiger partial charge in [0.1, 0.15) is 12.4 Å². The molecule has 0 radical (unpaired) electrons. The fourth-order valence-electron chi connectivity index (χ4n) is 2.66. The molecule has 3 aromatic rings. The number of nitrogens with zero attached hydrogens (tertiary/aromatic N) is 1. The molecule has 2 amide bonds. The van der Waals surface area contributed by atoms with Crippen molar-refractivity contribution in [1.29, 1.82) is 0 Å². The summed E-state index contributed by atoms with van der Waals surface area (Å²) in [6.07, 6.45) is 1.71. The lowest BCUT2D eigenvalue weighted by molar-refractivity contribution is 0.247. The summed E-state index contributed by atoms with van der Waals surface area (Å²) < 4.78 is 5.71. The van der Waals surface area contributed by atoms with Crippen molar-refractivity contribution in [2.75, 3.05) is 18.5 Å². The number of aromatic nitrogens is 1. The van der Waals surface area contributed by atoms with Crippen LogP contribution in [0.1, 0.15) is 11.1 Å². The van der Waals surface area contributed by atoms with Gasteiger partial charge in [0.05, 0.1) is 17.7 Å². The molecule has 0 saturated carbocycles. The monoisotopic (exact) mass is 335 g/mol. The van der Waals surface area contributed by atoms with E-state index in [0.29, 0.717) is 18.8 Å². The van der Waals surface area contributed by atoms with E-state index in [1.54, 1.807) is 6.20 Å². The highest BCUT2D eigenvalue weighted by molar-refractivity contribution is 5.99. The van der Waals surface area contributed by atoms with Gasteiger partial charge in [0.15, 0.2) is 0 Å². The van der Waals surface area contributed by atoms with Crippen molar-refractivity contribution in [1.82, 2.24) is 10.3 Å². The first-order valence-electron chi connectivity index (χ1n) is 8.22. The maximum atomic E-state index is 12.1. The van der Waals surface area contributed by atoms with Crippen LogP contribution in [0, 0.1) is 13.8 Å². The Morgan fingerprint density at radius 2 is 1.96 bits per heavy atom. The molecule has 0 fully saturated rings. The zero-order valence-corrected chi connectivity index (χ0v) is 14.4. The van der Waals surface area contributed by atoms with E-state index in [0.717, 1.165) is 22.2 Å². The van der Waals surface area contributed by atoms with Gasteiger partial charge >= 0.3 is 6.03 Å². The molecular formula is C20H21N3O2. The summed E-state index contributed by atoms with van der Waals surface area (Å²) in [7, 11) is 0. The van der Waals surface area contributed by atoms with Crippen molar-refractivity contribution >= 4 is 22.6 Å². The van der Waals surface area contributed by atoms with Crippen molar-refractivity contribution < 1.29 is 9.53 Å². The number of para-hydroxylation sites is 1. The van der Waals surface area contributed by atoms with Crippen molar-refractivity contribution in [3.63, 3.8) is 0 Å². The van der Waals surface area contributed by atoms with Gasteiger partial charge in [-0.2, -0.15) is 0 Å². The van der Waals surface area contributed by atoms with Gasteiger partial charge in [0.25, 0.3) is 0 Å². The molecule has 1 heterocycles. The first kappa shape index (κ1) is 16.8. The highest BCUT2D eigenvalue weighted by atomic mass is 16.5. The fourth-order valence-corrected chi connectivity index (χ4v) is 2.66. The Morgan fingerprint density at radius 1 is 1.12 bits per heavy atom. The van der Waals surface area contributed by atoms with Gasteiger partial charge in [-0.1, -0.05) is 35.9 Å². The fraction of sp³-hybridized carbons (Fsp3) is 0.200. The predicted molar refractivity (Wildman–Crippen MR) is 100 cm³/mol. The second-order valence-corrected chi connectivity index (χ2v) is 5.88. The largest absolute Gasteiger partial charge is 0.491 e. The molecule has 0 aliphatic rings. The summed E-state index contributed by atoms with van der Waals surface area (Å²) in [5, 5.41) is 6.61.